The number of nitrogens with zero attached hydrogens (tertiary/aromatic N) is 3. The predicted octanol–water partition coefficient (Wildman–Crippen LogP) is 4.19. The van der Waals surface area contributed by atoms with Gasteiger partial charge in [-0.2, -0.15) is 4.98 Å². The number of hydrogen-bond acceptors (Lipinski definition) is 6. The van der Waals surface area contributed by atoms with Gasteiger partial charge in [-0.15, -0.1) is 0 Å². The molecule has 0 saturated carbocycles. The molecular weight excluding hydrogens is 366 g/mol. The minimum absolute atomic E-state index is 0.0845. The first-order valence-electron chi connectivity index (χ1n) is 10.1. The van der Waals surface area contributed by atoms with Crippen LogP contribution < -0.4 is 9.47 Å². The van der Waals surface area contributed by atoms with E-state index in [2.05, 4.69) is 58.4 Å². The maximum Gasteiger partial charge on any atom is 0.240 e. The Kier molecular flexibility index (Phi) is 5.81. The Morgan fingerprint density at radius 1 is 1.10 bits per heavy atom. The van der Waals surface area contributed by atoms with E-state index in [4.69, 9.17) is 14.0 Å². The van der Waals surface area contributed by atoms with Gasteiger partial charge in [-0.05, 0) is 41.7 Å². The van der Waals surface area contributed by atoms with Crippen molar-refractivity contribution in [1.29, 1.82) is 0 Å². The number of aromatic nitrogens is 2. The Morgan fingerprint density at radius 2 is 1.86 bits per heavy atom. The molecule has 3 aromatic rings. The van der Waals surface area contributed by atoms with E-state index in [9.17, 15) is 0 Å². The fraction of sp³-hybridized carbons (Fsp3) is 0.391. The van der Waals surface area contributed by atoms with Crippen molar-refractivity contribution in [2.75, 3.05) is 20.8 Å². The Balaban J connectivity index is 1.72. The lowest BCUT2D eigenvalue weighted by Crippen LogP contribution is -2.35. The molecular formula is C23H27N3O3. The van der Waals surface area contributed by atoms with Crippen molar-refractivity contribution in [1.82, 2.24) is 15.0 Å². The van der Waals surface area contributed by atoms with Crippen LogP contribution >= 0.6 is 0 Å². The molecule has 0 N–H and O–H groups in total. The Morgan fingerprint density at radius 3 is 2.59 bits per heavy atom. The lowest BCUT2D eigenvalue weighted by molar-refractivity contribution is 0.177. The summed E-state index contributed by atoms with van der Waals surface area (Å²) in [5, 5.41) is 4.11. The van der Waals surface area contributed by atoms with Crippen LogP contribution in [0.25, 0.3) is 0 Å². The van der Waals surface area contributed by atoms with Crippen LogP contribution in [-0.2, 0) is 19.4 Å². The van der Waals surface area contributed by atoms with Gasteiger partial charge in [0.1, 0.15) is 0 Å². The van der Waals surface area contributed by atoms with Gasteiger partial charge in [0.25, 0.3) is 0 Å². The largest absolute Gasteiger partial charge is 0.493 e. The summed E-state index contributed by atoms with van der Waals surface area (Å²) >= 11 is 0. The van der Waals surface area contributed by atoms with Crippen LogP contribution in [0.15, 0.2) is 47.0 Å². The summed E-state index contributed by atoms with van der Waals surface area (Å²) in [6.07, 6.45) is 2.77. The first-order chi connectivity index (χ1) is 14.2. The molecule has 0 bridgehead atoms. The third-order valence-electron chi connectivity index (χ3n) is 5.41. The van der Waals surface area contributed by atoms with Gasteiger partial charge in [0.05, 0.1) is 26.8 Å². The van der Waals surface area contributed by atoms with Crippen molar-refractivity contribution in [2.45, 2.75) is 38.8 Å². The van der Waals surface area contributed by atoms with E-state index < -0.39 is 0 Å². The zero-order valence-corrected chi connectivity index (χ0v) is 17.2. The van der Waals surface area contributed by atoms with Gasteiger partial charge in [-0.25, -0.2) is 0 Å². The van der Waals surface area contributed by atoms with Crippen molar-refractivity contribution >= 4 is 0 Å². The van der Waals surface area contributed by atoms with E-state index in [1.54, 1.807) is 14.2 Å². The minimum atomic E-state index is 0.0845. The normalized spacial score (nSPS) is 16.4. The highest BCUT2D eigenvalue weighted by Gasteiger charge is 2.31. The van der Waals surface area contributed by atoms with Gasteiger partial charge in [-0.1, -0.05) is 42.4 Å². The van der Waals surface area contributed by atoms with E-state index in [0.717, 1.165) is 43.1 Å². The molecule has 1 aliphatic heterocycles. The average Bonchev–Trinajstić information content (AvgIpc) is 3.20. The summed E-state index contributed by atoms with van der Waals surface area (Å²) in [6, 6.07) is 14.8. The monoisotopic (exact) mass is 393 g/mol. The number of aryl methyl sites for hydroxylation is 1. The molecule has 2 aromatic carbocycles. The number of methoxy groups -OCH3 is 2. The molecule has 0 fully saturated rings. The number of fused-ring (bicyclic) bond motifs is 1. The second-order valence-corrected chi connectivity index (χ2v) is 7.29. The third kappa shape index (κ3) is 3.98. The maximum absolute atomic E-state index is 5.59. The smallest absolute Gasteiger partial charge is 0.240 e. The van der Waals surface area contributed by atoms with Crippen molar-refractivity contribution in [2.24, 2.45) is 0 Å². The summed E-state index contributed by atoms with van der Waals surface area (Å²) in [5.74, 6) is 2.96. The Bertz CT molecular complexity index is 955. The molecule has 6 heteroatoms. The SMILES string of the molecule is CCCc1noc(CN2CCc3cc(OC)c(OC)cc3C2c2ccccc2)n1. The molecule has 1 aromatic heterocycles. The van der Waals surface area contributed by atoms with Crippen LogP contribution in [0.5, 0.6) is 11.5 Å². The van der Waals surface area contributed by atoms with Crippen molar-refractivity contribution < 1.29 is 14.0 Å². The number of rotatable bonds is 7. The van der Waals surface area contributed by atoms with Crippen molar-refractivity contribution in [3.05, 3.63) is 70.9 Å². The summed E-state index contributed by atoms with van der Waals surface area (Å²) in [7, 11) is 3.35. The van der Waals surface area contributed by atoms with E-state index in [1.165, 1.54) is 16.7 Å². The molecule has 0 radical (unpaired) electrons. The molecule has 0 spiro atoms. The highest BCUT2D eigenvalue weighted by Crippen LogP contribution is 2.41. The lowest BCUT2D eigenvalue weighted by atomic mass is 9.87. The summed E-state index contributed by atoms with van der Waals surface area (Å²) in [4.78, 5) is 6.97. The van der Waals surface area contributed by atoms with Crippen LogP contribution in [-0.4, -0.2) is 35.8 Å². The fourth-order valence-electron chi connectivity index (χ4n) is 4.05. The first-order valence-corrected chi connectivity index (χ1v) is 10.1. The van der Waals surface area contributed by atoms with Crippen LogP contribution in [0, 0.1) is 0 Å². The molecule has 1 atom stereocenters. The standard InChI is InChI=1S/C23H27N3O3/c1-4-8-21-24-22(29-25-21)15-26-12-11-17-13-19(27-2)20(28-3)14-18(17)23(26)16-9-6-5-7-10-16/h5-7,9-10,13-14,23H,4,8,11-12,15H2,1-3H3. The van der Waals surface area contributed by atoms with Gasteiger partial charge < -0.3 is 14.0 Å². The zero-order valence-electron chi connectivity index (χ0n) is 17.2. The number of hydrogen-bond donors (Lipinski definition) is 0. The lowest BCUT2D eigenvalue weighted by Gasteiger charge is -2.37. The Hall–Kier alpha value is -2.86. The molecule has 152 valence electrons. The predicted molar refractivity (Wildman–Crippen MR) is 110 cm³/mol. The van der Waals surface area contributed by atoms with E-state index in [0.29, 0.717) is 12.4 Å². The van der Waals surface area contributed by atoms with Crippen molar-refractivity contribution in [3.8, 4) is 11.5 Å². The first kappa shape index (κ1) is 19.5. The summed E-state index contributed by atoms with van der Waals surface area (Å²) in [5.41, 5.74) is 3.74. The number of ether oxygens (including phenoxy) is 2. The highest BCUT2D eigenvalue weighted by atomic mass is 16.5. The van der Waals surface area contributed by atoms with E-state index in [-0.39, 0.29) is 6.04 Å². The zero-order chi connectivity index (χ0) is 20.2. The van der Waals surface area contributed by atoms with Gasteiger partial charge >= 0.3 is 0 Å². The second kappa shape index (κ2) is 8.66. The van der Waals surface area contributed by atoms with Gasteiger partial charge in [-0.3, -0.25) is 4.90 Å². The second-order valence-electron chi connectivity index (χ2n) is 7.29. The topological polar surface area (TPSA) is 60.6 Å². The molecule has 2 heterocycles. The molecule has 29 heavy (non-hydrogen) atoms. The quantitative estimate of drug-likeness (QED) is 0.600. The summed E-state index contributed by atoms with van der Waals surface area (Å²) < 4.78 is 16.6. The molecule has 0 aliphatic carbocycles. The van der Waals surface area contributed by atoms with Crippen LogP contribution in [0.3, 0.4) is 0 Å². The van der Waals surface area contributed by atoms with Gasteiger partial charge in [0.2, 0.25) is 5.89 Å². The fourth-order valence-corrected chi connectivity index (χ4v) is 4.05. The van der Waals surface area contributed by atoms with Gasteiger partial charge in [0.15, 0.2) is 17.3 Å². The average molecular weight is 393 g/mol. The molecule has 0 saturated heterocycles. The Labute approximate surface area is 171 Å². The molecule has 1 aliphatic rings. The van der Waals surface area contributed by atoms with E-state index in [1.807, 2.05) is 6.07 Å². The third-order valence-corrected chi connectivity index (χ3v) is 5.41. The van der Waals surface area contributed by atoms with Crippen LogP contribution in [0.2, 0.25) is 0 Å². The van der Waals surface area contributed by atoms with Crippen LogP contribution in [0.4, 0.5) is 0 Å². The number of benzene rings is 2. The molecule has 0 amide bonds. The van der Waals surface area contributed by atoms with Crippen LogP contribution in [0.1, 0.15) is 47.8 Å². The van der Waals surface area contributed by atoms with Gasteiger partial charge in [0, 0.05) is 13.0 Å². The highest BCUT2D eigenvalue weighted by molar-refractivity contribution is 5.51. The molecule has 4 rings (SSSR count). The van der Waals surface area contributed by atoms with Crippen molar-refractivity contribution in [3.63, 3.8) is 0 Å². The molecule has 6 nitrogen and oxygen atoms in total. The maximum atomic E-state index is 5.59. The summed E-state index contributed by atoms with van der Waals surface area (Å²) in [6.45, 7) is 3.63. The molecule has 1 unspecified atom stereocenters. The van der Waals surface area contributed by atoms with E-state index >= 15 is 0 Å². The minimum Gasteiger partial charge on any atom is -0.493 e.